The first kappa shape index (κ1) is 859. The average molecular weight is 104 g/mol. The van der Waals surface area contributed by atoms with E-state index in [0.717, 1.165) is 0 Å². The quantitative estimate of drug-likeness (QED) is 0.285. The van der Waals surface area contributed by atoms with E-state index in [1.807, 2.05) is 0 Å². The van der Waals surface area contributed by atoms with E-state index in [2.05, 4.69) is 0 Å². The molecule has 0 saturated heterocycles. The van der Waals surface area contributed by atoms with Crippen molar-refractivity contribution in [2.75, 3.05) is 0 Å². The van der Waals surface area contributed by atoms with E-state index in [-0.39, 0.29) is 38.5 Å². The van der Waals surface area contributed by atoms with Crippen LogP contribution in [0.4, 0.5) is 4.70 Å². The Kier molecular flexibility index (Phi) is 71100. The molecule has 0 saturated carbocycles. The van der Waals surface area contributed by atoms with Crippen LogP contribution < -0.4 is 0 Å². The molecule has 0 spiro atoms. The SMILES string of the molecule is F.O.O.O.[AlH3]. The van der Waals surface area contributed by atoms with E-state index in [1.54, 1.807) is 0 Å². The van der Waals surface area contributed by atoms with Crippen molar-refractivity contribution in [3.05, 3.63) is 0 Å². The summed E-state index contributed by atoms with van der Waals surface area (Å²) in [4.78, 5) is 0. The van der Waals surface area contributed by atoms with Crippen LogP contribution in [0.5, 0.6) is 0 Å². The second-order valence-corrected chi connectivity index (χ2v) is 0. The summed E-state index contributed by atoms with van der Waals surface area (Å²) in [6.45, 7) is 0. The van der Waals surface area contributed by atoms with Gasteiger partial charge in [-0.3, -0.25) is 4.70 Å². The first-order valence-electron chi connectivity index (χ1n) is 0. The maximum atomic E-state index is 0. The van der Waals surface area contributed by atoms with Crippen LogP contribution in [-0.4, -0.2) is 33.8 Å². The Morgan fingerprint density at radius 2 is 0.600 bits per heavy atom. The molecule has 0 aliphatic carbocycles. The second kappa shape index (κ2) is 414. The van der Waals surface area contributed by atoms with Gasteiger partial charge in [0, 0.05) is 0 Å². The van der Waals surface area contributed by atoms with E-state index in [4.69, 9.17) is 0 Å². The topological polar surface area (TPSA) is 94.5 Å². The highest BCUT2D eigenvalue weighted by atomic mass is 27.0. The summed E-state index contributed by atoms with van der Waals surface area (Å²) >= 11 is 0. The lowest BCUT2D eigenvalue weighted by atomic mass is 16.0. The maximum Gasteiger partial charge on any atom is 0.187 e. The Morgan fingerprint density at radius 3 is 0.600 bits per heavy atom. The normalized spacial score (nSPS) is 0. The third kappa shape index (κ3) is 203. The van der Waals surface area contributed by atoms with Crippen molar-refractivity contribution in [1.29, 1.82) is 0 Å². The van der Waals surface area contributed by atoms with Gasteiger partial charge in [-0.25, -0.2) is 0 Å². The van der Waals surface area contributed by atoms with E-state index < -0.39 is 0 Å². The predicted molar refractivity (Wildman–Crippen MR) is 23.3 cm³/mol. The molecule has 0 aromatic carbocycles. The van der Waals surface area contributed by atoms with E-state index in [9.17, 15) is 0 Å². The van der Waals surface area contributed by atoms with Crippen molar-refractivity contribution in [3.63, 3.8) is 0 Å². The number of hydrogen-bond acceptors (Lipinski definition) is 0. The van der Waals surface area contributed by atoms with E-state index in [1.165, 1.54) is 0 Å². The summed E-state index contributed by atoms with van der Waals surface area (Å²) in [6.07, 6.45) is 0. The second-order valence-electron chi connectivity index (χ2n) is 0. The Balaban J connectivity index is 0. The van der Waals surface area contributed by atoms with Crippen LogP contribution in [0.25, 0.3) is 0 Å². The van der Waals surface area contributed by atoms with Gasteiger partial charge in [0.2, 0.25) is 0 Å². The van der Waals surface area contributed by atoms with Crippen LogP contribution in [0.15, 0.2) is 0 Å². The minimum Gasteiger partial charge on any atom is -0.412 e. The Hall–Kier alpha value is 0.342. The molecular formula is H10AlFO3. The van der Waals surface area contributed by atoms with Crippen LogP contribution in [0.3, 0.4) is 0 Å². The molecule has 0 amide bonds. The Morgan fingerprint density at radius 1 is 0.600 bits per heavy atom. The number of hydrogen-bond donors (Lipinski definition) is 0. The van der Waals surface area contributed by atoms with Gasteiger partial charge >= 0.3 is 0 Å². The molecule has 0 fully saturated rings. The predicted octanol–water partition coefficient (Wildman–Crippen LogP) is -3.51. The molecule has 0 bridgehead atoms. The van der Waals surface area contributed by atoms with Gasteiger partial charge in [-0.2, -0.15) is 0 Å². The molecule has 0 aromatic heterocycles. The minimum atomic E-state index is 0. The largest absolute Gasteiger partial charge is 0.412 e. The Labute approximate surface area is 39.4 Å². The fourth-order valence-corrected chi connectivity index (χ4v) is 0. The summed E-state index contributed by atoms with van der Waals surface area (Å²) in [7, 11) is 0. The molecule has 0 heterocycles. The zero-order valence-corrected chi connectivity index (χ0v) is 1.91. The molecule has 0 rings (SSSR count). The summed E-state index contributed by atoms with van der Waals surface area (Å²) < 4.78 is 0. The molecule has 0 aromatic rings. The molecule has 0 aliphatic rings. The highest BCUT2D eigenvalue weighted by Gasteiger charge is 0.187. The summed E-state index contributed by atoms with van der Waals surface area (Å²) in [5.74, 6) is 0. The van der Waals surface area contributed by atoms with Crippen LogP contribution in [0.1, 0.15) is 0 Å². The maximum absolute atomic E-state index is 0. The lowest BCUT2D eigenvalue weighted by Crippen LogP contribution is -0.381. The van der Waals surface area contributed by atoms with E-state index in [0.29, 0.717) is 0 Å². The first-order valence-corrected chi connectivity index (χ1v) is 0. The summed E-state index contributed by atoms with van der Waals surface area (Å²) in [5.41, 5.74) is 0. The lowest BCUT2D eigenvalue weighted by molar-refractivity contribution is 0.823. The molecule has 0 aliphatic heterocycles. The van der Waals surface area contributed by atoms with Crippen LogP contribution >= 0.6 is 0 Å². The zero-order valence-electron chi connectivity index (χ0n) is 1.91. The average Bonchev–Trinajstić information content (AvgIpc) is 0. The first-order chi connectivity index (χ1) is 0. The molecule has 5 heavy (non-hydrogen) atoms. The fraction of sp³-hybridized carbons (Fsp3) is 0. The molecule has 5 heteroatoms. The van der Waals surface area contributed by atoms with Crippen LogP contribution in [-0.2, 0) is 0 Å². The molecule has 6 N–H and O–H groups in total. The third-order valence-electron chi connectivity index (χ3n) is 0. The van der Waals surface area contributed by atoms with Gasteiger partial charge in [-0.05, 0) is 0 Å². The van der Waals surface area contributed by atoms with Crippen molar-refractivity contribution < 1.29 is 21.1 Å². The van der Waals surface area contributed by atoms with Gasteiger partial charge < -0.3 is 16.4 Å². The van der Waals surface area contributed by atoms with Gasteiger partial charge in [-0.15, -0.1) is 0 Å². The molecule has 0 atom stereocenters. The van der Waals surface area contributed by atoms with Crippen LogP contribution in [0.2, 0.25) is 0 Å². The fourth-order valence-electron chi connectivity index (χ4n) is 0. The monoisotopic (exact) mass is 104 g/mol. The highest BCUT2D eigenvalue weighted by molar-refractivity contribution is 5.75. The summed E-state index contributed by atoms with van der Waals surface area (Å²) in [6, 6.07) is 0. The molecule has 3 nitrogen and oxygen atoms in total. The van der Waals surface area contributed by atoms with Gasteiger partial charge in [0.25, 0.3) is 0 Å². The summed E-state index contributed by atoms with van der Waals surface area (Å²) in [5, 5.41) is 0. The van der Waals surface area contributed by atoms with Gasteiger partial charge in [-0.1, -0.05) is 0 Å². The molecular weight excluding hydrogens is 94.0 g/mol. The van der Waals surface area contributed by atoms with Crippen molar-refractivity contribution in [3.8, 4) is 0 Å². The van der Waals surface area contributed by atoms with Crippen molar-refractivity contribution in [2.24, 2.45) is 0 Å². The highest BCUT2D eigenvalue weighted by Crippen LogP contribution is 0.420. The van der Waals surface area contributed by atoms with Crippen molar-refractivity contribution in [1.82, 2.24) is 0 Å². The number of halogens is 1. The zero-order chi connectivity index (χ0) is 0. The van der Waals surface area contributed by atoms with Gasteiger partial charge in [0.05, 0.1) is 0 Å². The van der Waals surface area contributed by atoms with Crippen molar-refractivity contribution >= 4 is 17.4 Å². The van der Waals surface area contributed by atoms with Gasteiger partial charge in [0.1, 0.15) is 0 Å². The minimum absolute atomic E-state index is 0. The molecule has 0 unspecified atom stereocenters. The Bertz CT molecular complexity index is 6.85. The lowest BCUT2D eigenvalue weighted by Gasteiger charge is -0.413. The van der Waals surface area contributed by atoms with Gasteiger partial charge in [0.15, 0.2) is 17.4 Å². The third-order valence-corrected chi connectivity index (χ3v) is 0. The number of rotatable bonds is 0. The van der Waals surface area contributed by atoms with Crippen molar-refractivity contribution in [2.45, 2.75) is 0 Å². The van der Waals surface area contributed by atoms with E-state index >= 15 is 0 Å². The van der Waals surface area contributed by atoms with Crippen LogP contribution in [0, 0.1) is 0 Å². The smallest absolute Gasteiger partial charge is 0.187 e. The molecule has 0 radical (unpaired) electrons. The molecule has 38 valence electrons. The standard InChI is InChI=1S/Al.FH.3H2O.3H/h;1H;3*1H2;;;.